The summed E-state index contributed by atoms with van der Waals surface area (Å²) in [5.41, 5.74) is 1.60. The molecule has 0 radical (unpaired) electrons. The van der Waals surface area contributed by atoms with E-state index in [-0.39, 0.29) is 16.5 Å². The Morgan fingerprint density at radius 1 is 1.32 bits per heavy atom. The van der Waals surface area contributed by atoms with E-state index in [1.54, 1.807) is 0 Å². The van der Waals surface area contributed by atoms with Crippen LogP contribution in [0.5, 0.6) is 0 Å². The lowest BCUT2D eigenvalue weighted by atomic mass is 10.2. The molecule has 0 fully saturated rings. The first-order valence-corrected chi connectivity index (χ1v) is 9.44. The molecular weight excluding hydrogens is 415 g/mol. The van der Waals surface area contributed by atoms with Crippen molar-refractivity contribution in [3.05, 3.63) is 46.6 Å². The number of imidazole rings is 1. The van der Waals surface area contributed by atoms with Gasteiger partial charge in [-0.25, -0.2) is 9.97 Å². The summed E-state index contributed by atoms with van der Waals surface area (Å²) in [6, 6.07) is 6.51. The molecule has 5 nitrogen and oxygen atoms in total. The molecule has 0 unspecified atom stereocenters. The number of hydrogen-bond acceptors (Lipinski definition) is 4. The summed E-state index contributed by atoms with van der Waals surface area (Å²) in [4.78, 5) is 19.2. The molecule has 0 aliphatic heterocycles. The Balaban J connectivity index is 1.96. The number of carbonyl (C=O) groups is 1. The van der Waals surface area contributed by atoms with Crippen LogP contribution in [0.15, 0.2) is 40.6 Å². The summed E-state index contributed by atoms with van der Waals surface area (Å²) < 4.78 is 40.2. The fourth-order valence-corrected chi connectivity index (χ4v) is 3.80. The molecule has 0 aliphatic carbocycles. The van der Waals surface area contributed by atoms with Crippen molar-refractivity contribution < 1.29 is 23.1 Å². The largest absolute Gasteiger partial charge is 0.481 e. The molecule has 0 spiro atoms. The minimum atomic E-state index is -4.53. The fraction of sp³-hybridized carbons (Fsp3) is 0.278. The second-order valence-corrected chi connectivity index (χ2v) is 7.51. The van der Waals surface area contributed by atoms with Crippen LogP contribution >= 0.6 is 23.4 Å². The van der Waals surface area contributed by atoms with Gasteiger partial charge < -0.3 is 9.67 Å². The lowest BCUT2D eigenvalue weighted by Gasteiger charge is -2.10. The zero-order chi connectivity index (χ0) is 20.5. The van der Waals surface area contributed by atoms with Crippen molar-refractivity contribution >= 4 is 40.4 Å². The molecule has 3 rings (SSSR count). The number of carboxylic acid groups (broad SMARTS) is 1. The van der Waals surface area contributed by atoms with Gasteiger partial charge >= 0.3 is 12.1 Å². The summed E-state index contributed by atoms with van der Waals surface area (Å²) in [6.07, 6.45) is -3.41. The highest BCUT2D eigenvalue weighted by Gasteiger charge is 2.31. The van der Waals surface area contributed by atoms with E-state index in [0.29, 0.717) is 23.6 Å². The van der Waals surface area contributed by atoms with Gasteiger partial charge in [0.2, 0.25) is 0 Å². The van der Waals surface area contributed by atoms with Crippen LogP contribution in [0.1, 0.15) is 24.0 Å². The summed E-state index contributed by atoms with van der Waals surface area (Å²) in [5, 5.41) is 9.43. The quantitative estimate of drug-likeness (QED) is 0.566. The SMILES string of the molecule is Cc1ccc2c(c1)nc(Sc1ncc(C(F)(F)F)cc1Cl)n2CCCC(=O)O. The normalized spacial score (nSPS) is 11.9. The number of aromatic nitrogens is 3. The van der Waals surface area contributed by atoms with Crippen molar-refractivity contribution in [2.75, 3.05) is 0 Å². The number of carboxylic acids is 1. The van der Waals surface area contributed by atoms with E-state index >= 15 is 0 Å². The third-order valence-corrected chi connectivity index (χ3v) is 5.38. The van der Waals surface area contributed by atoms with Crippen molar-refractivity contribution in [2.24, 2.45) is 0 Å². The second-order valence-electron chi connectivity index (χ2n) is 6.15. The van der Waals surface area contributed by atoms with Crippen LogP contribution < -0.4 is 0 Å². The minimum Gasteiger partial charge on any atom is -0.481 e. The molecule has 0 amide bonds. The molecule has 10 heteroatoms. The number of benzene rings is 1. The Kier molecular flexibility index (Phi) is 5.85. The molecule has 28 heavy (non-hydrogen) atoms. The topological polar surface area (TPSA) is 68.0 Å². The highest BCUT2D eigenvalue weighted by molar-refractivity contribution is 7.99. The van der Waals surface area contributed by atoms with Crippen molar-refractivity contribution in [3.8, 4) is 0 Å². The Morgan fingerprint density at radius 2 is 2.07 bits per heavy atom. The van der Waals surface area contributed by atoms with Gasteiger partial charge in [-0.1, -0.05) is 17.7 Å². The number of alkyl halides is 3. The van der Waals surface area contributed by atoms with E-state index in [4.69, 9.17) is 16.7 Å². The average Bonchev–Trinajstić information content (AvgIpc) is 2.92. The molecular formula is C18H15ClF3N3O2S. The molecule has 3 aromatic rings. The molecule has 0 aliphatic rings. The Labute approximate surface area is 167 Å². The third kappa shape index (κ3) is 4.59. The summed E-state index contributed by atoms with van der Waals surface area (Å²) >= 11 is 7.05. The van der Waals surface area contributed by atoms with Gasteiger partial charge in [0, 0.05) is 19.2 Å². The molecule has 2 heterocycles. The van der Waals surface area contributed by atoms with Crippen molar-refractivity contribution in [2.45, 2.75) is 42.7 Å². The monoisotopic (exact) mass is 429 g/mol. The maximum Gasteiger partial charge on any atom is 0.417 e. The molecule has 0 saturated heterocycles. The minimum absolute atomic E-state index is 0.00503. The van der Waals surface area contributed by atoms with Gasteiger partial charge in [-0.3, -0.25) is 4.79 Å². The predicted molar refractivity (Wildman–Crippen MR) is 99.7 cm³/mol. The molecule has 148 valence electrons. The lowest BCUT2D eigenvalue weighted by molar-refractivity contribution is -0.138. The number of pyridine rings is 1. The van der Waals surface area contributed by atoms with Crippen LogP contribution in [0, 0.1) is 6.92 Å². The van der Waals surface area contributed by atoms with Crippen molar-refractivity contribution in [1.29, 1.82) is 0 Å². The summed E-state index contributed by atoms with van der Waals surface area (Å²) in [5.74, 6) is -0.901. The van der Waals surface area contributed by atoms with Gasteiger partial charge in [-0.2, -0.15) is 13.2 Å². The summed E-state index contributed by atoms with van der Waals surface area (Å²) in [7, 11) is 0. The van der Waals surface area contributed by atoms with Gasteiger partial charge in [0.25, 0.3) is 0 Å². The predicted octanol–water partition coefficient (Wildman–Crippen LogP) is 5.43. The van der Waals surface area contributed by atoms with Crippen molar-refractivity contribution in [3.63, 3.8) is 0 Å². The number of hydrogen-bond donors (Lipinski definition) is 1. The zero-order valence-electron chi connectivity index (χ0n) is 14.6. The first-order chi connectivity index (χ1) is 13.1. The molecule has 2 aromatic heterocycles. The molecule has 0 atom stereocenters. The highest BCUT2D eigenvalue weighted by atomic mass is 35.5. The van der Waals surface area contributed by atoms with Crippen LogP contribution in [0.3, 0.4) is 0 Å². The maximum atomic E-state index is 12.8. The molecule has 0 bridgehead atoms. The smallest absolute Gasteiger partial charge is 0.417 e. The number of rotatable bonds is 6. The Bertz CT molecular complexity index is 1040. The van der Waals surface area contributed by atoms with Gasteiger partial charge in [0.05, 0.1) is 21.6 Å². The van der Waals surface area contributed by atoms with Crippen molar-refractivity contribution in [1.82, 2.24) is 14.5 Å². The van der Waals surface area contributed by atoms with E-state index in [9.17, 15) is 18.0 Å². The number of aryl methyl sites for hydroxylation is 2. The van der Waals surface area contributed by atoms with Crippen LogP contribution in [0.4, 0.5) is 13.2 Å². The number of aliphatic carboxylic acids is 1. The Morgan fingerprint density at radius 3 is 2.71 bits per heavy atom. The van der Waals surface area contributed by atoms with Crippen LogP contribution in [-0.4, -0.2) is 25.6 Å². The first-order valence-electron chi connectivity index (χ1n) is 8.24. The third-order valence-electron chi connectivity index (χ3n) is 3.96. The zero-order valence-corrected chi connectivity index (χ0v) is 16.2. The molecule has 1 aromatic carbocycles. The van der Waals surface area contributed by atoms with Crippen LogP contribution in [-0.2, 0) is 17.5 Å². The highest BCUT2D eigenvalue weighted by Crippen LogP contribution is 2.37. The number of fused-ring (bicyclic) bond motifs is 1. The average molecular weight is 430 g/mol. The van der Waals surface area contributed by atoms with E-state index in [0.717, 1.165) is 35.1 Å². The van der Waals surface area contributed by atoms with E-state index in [1.807, 2.05) is 29.7 Å². The Hall–Kier alpha value is -2.26. The number of halogens is 4. The van der Waals surface area contributed by atoms with Gasteiger partial charge in [-0.15, -0.1) is 0 Å². The lowest BCUT2D eigenvalue weighted by Crippen LogP contribution is -2.06. The standard InChI is InChI=1S/C18H15ClF3N3O2S/c1-10-4-5-14-13(7-10)24-17(25(14)6-2-3-15(26)27)28-16-12(19)8-11(9-23-16)18(20,21)22/h4-5,7-9H,2-3,6H2,1H3,(H,26,27). The van der Waals surface area contributed by atoms with E-state index in [2.05, 4.69) is 9.97 Å². The van der Waals surface area contributed by atoms with E-state index in [1.165, 1.54) is 0 Å². The van der Waals surface area contributed by atoms with Gasteiger partial charge in [0.1, 0.15) is 5.03 Å². The number of nitrogens with zero attached hydrogens (tertiary/aromatic N) is 3. The van der Waals surface area contributed by atoms with Crippen LogP contribution in [0.2, 0.25) is 5.02 Å². The fourth-order valence-electron chi connectivity index (χ4n) is 2.64. The maximum absolute atomic E-state index is 12.8. The first kappa shape index (κ1) is 20.5. The van der Waals surface area contributed by atoms with E-state index < -0.39 is 17.7 Å². The summed E-state index contributed by atoms with van der Waals surface area (Å²) in [6.45, 7) is 2.32. The molecule has 1 N–H and O–H groups in total. The van der Waals surface area contributed by atoms with Crippen LogP contribution in [0.25, 0.3) is 11.0 Å². The van der Waals surface area contributed by atoms with Gasteiger partial charge in [-0.05, 0) is 48.9 Å². The van der Waals surface area contributed by atoms with Gasteiger partial charge in [0.15, 0.2) is 5.16 Å². The second kappa shape index (κ2) is 8.00. The molecule has 0 saturated carbocycles.